The minimum Gasteiger partial charge on any atom is -0.331 e. The molecule has 0 aliphatic rings. The van der Waals surface area contributed by atoms with Gasteiger partial charge >= 0.3 is 0 Å². The minimum atomic E-state index is 0.0393. The zero-order valence-corrected chi connectivity index (χ0v) is 15.0. The largest absolute Gasteiger partial charge is 0.331 e. The van der Waals surface area contributed by atoms with E-state index in [1.54, 1.807) is 27.4 Å². The molecule has 1 amide bonds. The Labute approximate surface area is 153 Å². The van der Waals surface area contributed by atoms with Gasteiger partial charge in [0.1, 0.15) is 12.1 Å². The van der Waals surface area contributed by atoms with E-state index in [1.807, 2.05) is 52.1 Å². The third-order valence-electron chi connectivity index (χ3n) is 3.91. The monoisotopic (exact) mass is 368 g/mol. The average Bonchev–Trinajstić information content (AvgIpc) is 3.37. The van der Waals surface area contributed by atoms with Gasteiger partial charge in [-0.2, -0.15) is 0 Å². The van der Waals surface area contributed by atoms with Gasteiger partial charge in [0.15, 0.2) is 0 Å². The van der Waals surface area contributed by atoms with Gasteiger partial charge in [-0.25, -0.2) is 4.68 Å². The molecule has 0 atom stereocenters. The number of fused-ring (bicyclic) bond motifs is 1. The van der Waals surface area contributed by atoms with Crippen molar-refractivity contribution in [3.8, 4) is 0 Å². The van der Waals surface area contributed by atoms with Crippen molar-refractivity contribution < 1.29 is 4.79 Å². The van der Waals surface area contributed by atoms with Gasteiger partial charge in [0.05, 0.1) is 18.6 Å². The number of hydrogen-bond acceptors (Lipinski definition) is 5. The van der Waals surface area contributed by atoms with Crippen LogP contribution < -0.4 is 0 Å². The summed E-state index contributed by atoms with van der Waals surface area (Å²) < 4.78 is 1.67. The Bertz CT molecular complexity index is 924. The van der Waals surface area contributed by atoms with Crippen molar-refractivity contribution >= 4 is 39.6 Å². The summed E-state index contributed by atoms with van der Waals surface area (Å²) in [5.74, 6) is 0.0393. The first-order valence-electron chi connectivity index (χ1n) is 7.90. The van der Waals surface area contributed by atoms with Crippen molar-refractivity contribution in [1.29, 1.82) is 0 Å². The standard InChI is InChI=1S/C18H16N4OS2/c23-18(13-22-17-8-2-1-7-16(17)19-20-22)21(11-14-5-3-9-24-14)12-15-6-4-10-25-15/h1-10H,11-13H2. The lowest BCUT2D eigenvalue weighted by Gasteiger charge is -2.21. The van der Waals surface area contributed by atoms with E-state index in [1.165, 1.54) is 9.75 Å². The first-order valence-corrected chi connectivity index (χ1v) is 9.66. The highest BCUT2D eigenvalue weighted by Crippen LogP contribution is 2.18. The van der Waals surface area contributed by atoms with Gasteiger partial charge in [-0.3, -0.25) is 4.79 Å². The van der Waals surface area contributed by atoms with Crippen LogP contribution in [0.2, 0.25) is 0 Å². The maximum Gasteiger partial charge on any atom is 0.245 e. The normalized spacial score (nSPS) is 11.0. The number of thiophene rings is 2. The van der Waals surface area contributed by atoms with Crippen molar-refractivity contribution in [3.05, 3.63) is 69.0 Å². The Morgan fingerprint density at radius 3 is 2.28 bits per heavy atom. The van der Waals surface area contributed by atoms with Crippen molar-refractivity contribution in [1.82, 2.24) is 19.9 Å². The predicted octanol–water partition coefficient (Wildman–Crippen LogP) is 3.78. The SMILES string of the molecule is O=C(Cn1nnc2ccccc21)N(Cc1cccs1)Cc1cccs1. The van der Waals surface area contributed by atoms with E-state index in [2.05, 4.69) is 22.4 Å². The van der Waals surface area contributed by atoms with Crippen molar-refractivity contribution in [2.24, 2.45) is 0 Å². The van der Waals surface area contributed by atoms with Gasteiger partial charge in [-0.1, -0.05) is 29.5 Å². The lowest BCUT2D eigenvalue weighted by Crippen LogP contribution is -2.32. The highest BCUT2D eigenvalue weighted by molar-refractivity contribution is 7.10. The van der Waals surface area contributed by atoms with Crippen LogP contribution in [0.4, 0.5) is 0 Å². The summed E-state index contributed by atoms with van der Waals surface area (Å²) in [5, 5.41) is 12.3. The average molecular weight is 368 g/mol. The Balaban J connectivity index is 1.56. The molecule has 0 radical (unpaired) electrons. The molecular weight excluding hydrogens is 352 g/mol. The van der Waals surface area contributed by atoms with Crippen LogP contribution in [0.15, 0.2) is 59.3 Å². The van der Waals surface area contributed by atoms with Crippen LogP contribution in [0.25, 0.3) is 11.0 Å². The molecule has 3 aromatic heterocycles. The van der Waals surface area contributed by atoms with Crippen molar-refractivity contribution in [2.45, 2.75) is 19.6 Å². The lowest BCUT2D eigenvalue weighted by molar-refractivity contribution is -0.133. The summed E-state index contributed by atoms with van der Waals surface area (Å²) in [6, 6.07) is 15.8. The number of amides is 1. The van der Waals surface area contributed by atoms with Crippen LogP contribution in [0, 0.1) is 0 Å². The molecule has 1 aromatic carbocycles. The molecule has 5 nitrogen and oxygen atoms in total. The number of para-hydroxylation sites is 1. The van der Waals surface area contributed by atoms with Gasteiger partial charge in [0.2, 0.25) is 5.91 Å². The fourth-order valence-corrected chi connectivity index (χ4v) is 4.11. The number of hydrogen-bond donors (Lipinski definition) is 0. The molecule has 0 fully saturated rings. The molecule has 0 unspecified atom stereocenters. The molecule has 25 heavy (non-hydrogen) atoms. The molecule has 0 N–H and O–H groups in total. The Morgan fingerprint density at radius 1 is 0.960 bits per heavy atom. The van der Waals surface area contributed by atoms with Crippen LogP contribution in [-0.2, 0) is 24.4 Å². The van der Waals surface area contributed by atoms with Crippen molar-refractivity contribution in [2.75, 3.05) is 0 Å². The fourth-order valence-electron chi connectivity index (χ4n) is 2.68. The highest BCUT2D eigenvalue weighted by Gasteiger charge is 2.18. The summed E-state index contributed by atoms with van der Waals surface area (Å²) in [4.78, 5) is 17.2. The topological polar surface area (TPSA) is 51.0 Å². The molecule has 0 spiro atoms. The molecule has 0 aliphatic carbocycles. The summed E-state index contributed by atoms with van der Waals surface area (Å²) in [6.45, 7) is 1.42. The lowest BCUT2D eigenvalue weighted by atomic mass is 10.3. The highest BCUT2D eigenvalue weighted by atomic mass is 32.1. The quantitative estimate of drug-likeness (QED) is 0.520. The minimum absolute atomic E-state index is 0.0393. The summed E-state index contributed by atoms with van der Waals surface area (Å²) in [5.41, 5.74) is 1.68. The summed E-state index contributed by atoms with van der Waals surface area (Å²) >= 11 is 3.33. The molecule has 4 aromatic rings. The number of aromatic nitrogens is 3. The second-order valence-corrected chi connectivity index (χ2v) is 7.71. The second kappa shape index (κ2) is 7.16. The van der Waals surface area contributed by atoms with Gasteiger partial charge in [0, 0.05) is 9.75 Å². The van der Waals surface area contributed by atoms with E-state index >= 15 is 0 Å². The zero-order chi connectivity index (χ0) is 17.1. The second-order valence-electron chi connectivity index (χ2n) is 5.64. The van der Waals surface area contributed by atoms with E-state index in [9.17, 15) is 4.79 Å². The van der Waals surface area contributed by atoms with Gasteiger partial charge in [-0.15, -0.1) is 27.8 Å². The van der Waals surface area contributed by atoms with Crippen LogP contribution >= 0.6 is 22.7 Å². The number of rotatable bonds is 6. The van der Waals surface area contributed by atoms with E-state index in [0.717, 1.165) is 11.0 Å². The molecule has 0 aliphatic heterocycles. The molecule has 4 rings (SSSR count). The maximum absolute atomic E-state index is 13.0. The zero-order valence-electron chi connectivity index (χ0n) is 13.4. The number of nitrogens with zero attached hydrogens (tertiary/aromatic N) is 4. The smallest absolute Gasteiger partial charge is 0.245 e. The predicted molar refractivity (Wildman–Crippen MR) is 100 cm³/mol. The molecule has 0 saturated carbocycles. The first-order chi connectivity index (χ1) is 12.3. The van der Waals surface area contributed by atoms with E-state index in [4.69, 9.17) is 0 Å². The van der Waals surface area contributed by atoms with Crippen LogP contribution in [-0.4, -0.2) is 25.8 Å². The van der Waals surface area contributed by atoms with Crippen LogP contribution in [0.5, 0.6) is 0 Å². The summed E-state index contributed by atoms with van der Waals surface area (Å²) in [6.07, 6.45) is 0. The van der Waals surface area contributed by atoms with Gasteiger partial charge in [-0.05, 0) is 35.0 Å². The molecule has 0 bridgehead atoms. The fraction of sp³-hybridized carbons (Fsp3) is 0.167. The maximum atomic E-state index is 13.0. The summed E-state index contributed by atoms with van der Waals surface area (Å²) in [7, 11) is 0. The van der Waals surface area contributed by atoms with Gasteiger partial charge < -0.3 is 4.90 Å². The van der Waals surface area contributed by atoms with Crippen LogP contribution in [0.3, 0.4) is 0 Å². The van der Waals surface area contributed by atoms with Gasteiger partial charge in [0.25, 0.3) is 0 Å². The molecule has 0 saturated heterocycles. The third-order valence-corrected chi connectivity index (χ3v) is 5.63. The Hall–Kier alpha value is -2.51. The molecular formula is C18H16N4OS2. The Morgan fingerprint density at radius 2 is 1.64 bits per heavy atom. The molecule has 3 heterocycles. The third kappa shape index (κ3) is 3.62. The molecule has 126 valence electrons. The van der Waals surface area contributed by atoms with Crippen molar-refractivity contribution in [3.63, 3.8) is 0 Å². The number of carbonyl (C=O) groups excluding carboxylic acids is 1. The molecule has 7 heteroatoms. The van der Waals surface area contributed by atoms with E-state index < -0.39 is 0 Å². The number of benzene rings is 1. The number of carbonyl (C=O) groups is 1. The van der Waals surface area contributed by atoms with E-state index in [-0.39, 0.29) is 12.5 Å². The Kier molecular flexibility index (Phi) is 4.58. The first kappa shape index (κ1) is 16.0. The van der Waals surface area contributed by atoms with E-state index in [0.29, 0.717) is 13.1 Å². The van der Waals surface area contributed by atoms with Crippen LogP contribution in [0.1, 0.15) is 9.75 Å².